The molecule has 96 valence electrons. The average Bonchev–Trinajstić information content (AvgIpc) is 2.25. The van der Waals surface area contributed by atoms with Crippen LogP contribution in [-0.2, 0) is 6.18 Å². The van der Waals surface area contributed by atoms with Gasteiger partial charge in [0.2, 0.25) is 0 Å². The van der Waals surface area contributed by atoms with Crippen LogP contribution in [0, 0.1) is 10.1 Å². The van der Waals surface area contributed by atoms with E-state index in [1.807, 2.05) is 0 Å². The van der Waals surface area contributed by atoms with E-state index in [1.54, 1.807) is 0 Å². The molecule has 0 saturated heterocycles. The van der Waals surface area contributed by atoms with E-state index in [0.29, 0.717) is 6.07 Å². The fourth-order valence-corrected chi connectivity index (χ4v) is 1.41. The molecule has 0 aromatic heterocycles. The van der Waals surface area contributed by atoms with E-state index in [2.05, 4.69) is 0 Å². The number of nitro groups is 1. The number of benzene rings is 1. The minimum absolute atomic E-state index is 0.0887. The fourth-order valence-electron chi connectivity index (χ4n) is 1.41. The highest BCUT2D eigenvalue weighted by molar-refractivity contribution is 6.00. The van der Waals surface area contributed by atoms with Crippen molar-refractivity contribution < 1.29 is 27.7 Å². The standard InChI is InChI=1S/C10H6F3NO4/c1-5(16)7-2-6(4-15)3-8(10(11,12)13)9(7)14(17)18/h2-4H,1H3. The summed E-state index contributed by atoms with van der Waals surface area (Å²) in [4.78, 5) is 31.0. The number of rotatable bonds is 3. The van der Waals surface area contributed by atoms with Gasteiger partial charge < -0.3 is 0 Å². The average molecular weight is 261 g/mol. The van der Waals surface area contributed by atoms with E-state index in [0.717, 1.165) is 13.0 Å². The van der Waals surface area contributed by atoms with Gasteiger partial charge in [-0.2, -0.15) is 13.2 Å². The van der Waals surface area contributed by atoms with Gasteiger partial charge in [-0.15, -0.1) is 0 Å². The van der Waals surface area contributed by atoms with Crippen molar-refractivity contribution in [2.45, 2.75) is 13.1 Å². The van der Waals surface area contributed by atoms with Crippen LogP contribution in [0.15, 0.2) is 12.1 Å². The third-order valence-electron chi connectivity index (χ3n) is 2.14. The van der Waals surface area contributed by atoms with Gasteiger partial charge in [0, 0.05) is 5.56 Å². The van der Waals surface area contributed by atoms with Gasteiger partial charge in [-0.3, -0.25) is 19.7 Å². The Bertz CT molecular complexity index is 537. The van der Waals surface area contributed by atoms with Crippen LogP contribution in [0.3, 0.4) is 0 Å². The van der Waals surface area contributed by atoms with Gasteiger partial charge in [-0.05, 0) is 19.1 Å². The number of nitro benzene ring substituents is 1. The molecular weight excluding hydrogens is 255 g/mol. The van der Waals surface area contributed by atoms with Crippen LogP contribution < -0.4 is 0 Å². The van der Waals surface area contributed by atoms with Crippen LogP contribution in [0.5, 0.6) is 0 Å². The number of alkyl halides is 3. The maximum Gasteiger partial charge on any atom is 0.423 e. The molecule has 0 amide bonds. The van der Waals surface area contributed by atoms with Crippen molar-refractivity contribution in [1.29, 1.82) is 0 Å². The minimum atomic E-state index is -5.02. The van der Waals surface area contributed by atoms with Crippen molar-refractivity contribution in [2.75, 3.05) is 0 Å². The number of Topliss-reactive ketones (excluding diaryl/α,β-unsaturated/α-hetero) is 1. The number of hydrogen-bond donors (Lipinski definition) is 0. The summed E-state index contributed by atoms with van der Waals surface area (Å²) < 4.78 is 37.9. The lowest BCUT2D eigenvalue weighted by Crippen LogP contribution is -2.13. The van der Waals surface area contributed by atoms with Gasteiger partial charge in [0.15, 0.2) is 5.78 Å². The van der Waals surface area contributed by atoms with Gasteiger partial charge in [0.05, 0.1) is 10.5 Å². The summed E-state index contributed by atoms with van der Waals surface area (Å²) in [5.74, 6) is -0.920. The van der Waals surface area contributed by atoms with Crippen molar-refractivity contribution >= 4 is 17.8 Å². The van der Waals surface area contributed by atoms with Crippen LogP contribution in [0.25, 0.3) is 0 Å². The van der Waals surface area contributed by atoms with Gasteiger partial charge in [0.1, 0.15) is 11.8 Å². The second-order valence-corrected chi connectivity index (χ2v) is 3.39. The smallest absolute Gasteiger partial charge is 0.298 e. The Morgan fingerprint density at radius 3 is 2.28 bits per heavy atom. The van der Waals surface area contributed by atoms with Crippen molar-refractivity contribution in [1.82, 2.24) is 0 Å². The van der Waals surface area contributed by atoms with Crippen molar-refractivity contribution in [3.05, 3.63) is 38.9 Å². The van der Waals surface area contributed by atoms with Crippen LogP contribution >= 0.6 is 0 Å². The summed E-state index contributed by atoms with van der Waals surface area (Å²) in [6, 6.07) is 1.11. The third kappa shape index (κ3) is 2.53. The molecule has 1 rings (SSSR count). The summed E-state index contributed by atoms with van der Waals surface area (Å²) in [6.07, 6.45) is -4.93. The number of hydrogen-bond acceptors (Lipinski definition) is 4. The number of nitrogens with zero attached hydrogens (tertiary/aromatic N) is 1. The number of halogens is 3. The Kier molecular flexibility index (Phi) is 3.49. The third-order valence-corrected chi connectivity index (χ3v) is 2.14. The summed E-state index contributed by atoms with van der Waals surface area (Å²) in [7, 11) is 0. The zero-order valence-electron chi connectivity index (χ0n) is 8.95. The van der Waals surface area contributed by atoms with Gasteiger partial charge in [0.25, 0.3) is 5.69 Å². The molecule has 0 unspecified atom stereocenters. The highest BCUT2D eigenvalue weighted by Gasteiger charge is 2.41. The quantitative estimate of drug-likeness (QED) is 0.362. The lowest BCUT2D eigenvalue weighted by molar-refractivity contribution is -0.388. The molecule has 1 aromatic rings. The highest BCUT2D eigenvalue weighted by Crippen LogP contribution is 2.38. The Balaban J connectivity index is 3.77. The normalized spacial score (nSPS) is 11.1. The highest BCUT2D eigenvalue weighted by atomic mass is 19.4. The van der Waals surface area contributed by atoms with Gasteiger partial charge >= 0.3 is 6.18 Å². The first-order valence-electron chi connectivity index (χ1n) is 4.54. The Morgan fingerprint density at radius 2 is 1.94 bits per heavy atom. The predicted molar refractivity (Wildman–Crippen MR) is 53.5 cm³/mol. The maximum absolute atomic E-state index is 12.6. The fraction of sp³-hybridized carbons (Fsp3) is 0.200. The molecule has 0 aliphatic carbocycles. The van der Waals surface area contributed by atoms with Crippen molar-refractivity contribution in [3.8, 4) is 0 Å². The van der Waals surface area contributed by atoms with Gasteiger partial charge in [-0.1, -0.05) is 0 Å². The lowest BCUT2D eigenvalue weighted by atomic mass is 10.0. The summed E-state index contributed by atoms with van der Waals surface area (Å²) in [5.41, 5.74) is -4.13. The van der Waals surface area contributed by atoms with Crippen molar-refractivity contribution in [2.24, 2.45) is 0 Å². The first kappa shape index (κ1) is 13.8. The molecule has 1 aromatic carbocycles. The molecule has 8 heteroatoms. The van der Waals surface area contributed by atoms with Crippen LogP contribution in [0.1, 0.15) is 33.2 Å². The second kappa shape index (κ2) is 4.55. The lowest BCUT2D eigenvalue weighted by Gasteiger charge is -2.10. The van der Waals surface area contributed by atoms with Crippen molar-refractivity contribution in [3.63, 3.8) is 0 Å². The monoisotopic (exact) mass is 261 g/mol. The molecule has 0 N–H and O–H groups in total. The minimum Gasteiger partial charge on any atom is -0.298 e. The van der Waals surface area contributed by atoms with E-state index in [1.165, 1.54) is 0 Å². The first-order valence-corrected chi connectivity index (χ1v) is 4.54. The SMILES string of the molecule is CC(=O)c1cc(C=O)cc(C(F)(F)F)c1[N+](=O)[O-]. The number of carbonyl (C=O) groups is 2. The molecule has 0 aliphatic heterocycles. The maximum atomic E-state index is 12.6. The van der Waals surface area contributed by atoms with Crippen LogP contribution in [0.2, 0.25) is 0 Å². The second-order valence-electron chi connectivity index (χ2n) is 3.39. The summed E-state index contributed by atoms with van der Waals surface area (Å²) in [5, 5.41) is 10.7. The molecule has 0 fully saturated rings. The van der Waals surface area contributed by atoms with E-state index < -0.39 is 39.3 Å². The van der Waals surface area contributed by atoms with Crippen LogP contribution in [0.4, 0.5) is 18.9 Å². The largest absolute Gasteiger partial charge is 0.423 e. The molecule has 18 heavy (non-hydrogen) atoms. The number of ketones is 1. The van der Waals surface area contributed by atoms with E-state index in [9.17, 15) is 32.9 Å². The first-order chi connectivity index (χ1) is 8.18. The van der Waals surface area contributed by atoms with E-state index in [4.69, 9.17) is 0 Å². The summed E-state index contributed by atoms with van der Waals surface area (Å²) in [6.45, 7) is 0.886. The molecule has 0 atom stereocenters. The summed E-state index contributed by atoms with van der Waals surface area (Å²) >= 11 is 0. The number of carbonyl (C=O) groups excluding carboxylic acids is 2. The zero-order chi connectivity index (χ0) is 14.1. The molecule has 0 saturated carbocycles. The Morgan fingerprint density at radius 1 is 1.39 bits per heavy atom. The Labute approximate surface area is 98.4 Å². The molecular formula is C10H6F3NO4. The molecule has 0 radical (unpaired) electrons. The van der Waals surface area contributed by atoms with Crippen LogP contribution in [-0.4, -0.2) is 17.0 Å². The van der Waals surface area contributed by atoms with Gasteiger partial charge in [-0.25, -0.2) is 0 Å². The number of aldehydes is 1. The van der Waals surface area contributed by atoms with E-state index >= 15 is 0 Å². The molecule has 0 heterocycles. The van der Waals surface area contributed by atoms with E-state index in [-0.39, 0.29) is 6.29 Å². The zero-order valence-corrected chi connectivity index (χ0v) is 8.95. The molecule has 5 nitrogen and oxygen atoms in total. The Hall–Kier alpha value is -2.25. The molecule has 0 bridgehead atoms. The molecule has 0 aliphatic rings. The molecule has 0 spiro atoms. The topological polar surface area (TPSA) is 77.3 Å². The predicted octanol–water partition coefficient (Wildman–Crippen LogP) is 2.63.